The second kappa shape index (κ2) is 5.95. The maximum absolute atomic E-state index is 12.6. The van der Waals surface area contributed by atoms with Crippen molar-refractivity contribution in [3.05, 3.63) is 44.7 Å². The molecule has 0 bridgehead atoms. The molecule has 2 rings (SSSR count). The second-order valence-corrected chi connectivity index (χ2v) is 4.93. The number of alkyl halides is 2. The number of hydrogen-bond donors (Lipinski definition) is 2. The summed E-state index contributed by atoms with van der Waals surface area (Å²) in [6.45, 7) is 0. The predicted molar refractivity (Wildman–Crippen MR) is 73.0 cm³/mol. The summed E-state index contributed by atoms with van der Waals surface area (Å²) in [4.78, 5) is 11.9. The SMILES string of the molecule is O=C(Nc1c(Cl)cc(Cl)cc1Cl)c1c[nH]nc1C(F)F. The zero-order valence-corrected chi connectivity index (χ0v) is 11.8. The molecule has 2 N–H and O–H groups in total. The second-order valence-electron chi connectivity index (χ2n) is 3.68. The molecule has 106 valence electrons. The van der Waals surface area contributed by atoms with Crippen LogP contribution in [0.4, 0.5) is 14.5 Å². The minimum atomic E-state index is -2.88. The van der Waals surface area contributed by atoms with Crippen molar-refractivity contribution in [2.24, 2.45) is 0 Å². The van der Waals surface area contributed by atoms with Crippen LogP contribution in [0.1, 0.15) is 22.5 Å². The van der Waals surface area contributed by atoms with E-state index in [2.05, 4.69) is 15.5 Å². The lowest BCUT2D eigenvalue weighted by Crippen LogP contribution is -2.14. The van der Waals surface area contributed by atoms with Gasteiger partial charge in [-0.25, -0.2) is 8.78 Å². The van der Waals surface area contributed by atoms with Crippen molar-refractivity contribution >= 4 is 46.4 Å². The lowest BCUT2D eigenvalue weighted by Gasteiger charge is -2.09. The van der Waals surface area contributed by atoms with E-state index in [1.165, 1.54) is 12.1 Å². The Morgan fingerprint density at radius 2 is 1.85 bits per heavy atom. The van der Waals surface area contributed by atoms with Gasteiger partial charge in [0.2, 0.25) is 0 Å². The highest BCUT2D eigenvalue weighted by Crippen LogP contribution is 2.34. The molecule has 0 radical (unpaired) electrons. The van der Waals surface area contributed by atoms with Gasteiger partial charge in [0.25, 0.3) is 12.3 Å². The van der Waals surface area contributed by atoms with E-state index in [0.29, 0.717) is 0 Å². The number of carbonyl (C=O) groups excluding carboxylic acids is 1. The number of aromatic amines is 1. The first-order valence-corrected chi connectivity index (χ1v) is 6.31. The number of aromatic nitrogens is 2. The number of nitrogens with one attached hydrogen (secondary N) is 2. The zero-order valence-electron chi connectivity index (χ0n) is 9.55. The molecule has 0 aliphatic carbocycles. The third kappa shape index (κ3) is 3.03. The van der Waals surface area contributed by atoms with E-state index in [4.69, 9.17) is 34.8 Å². The quantitative estimate of drug-likeness (QED) is 0.860. The summed E-state index contributed by atoms with van der Waals surface area (Å²) in [5, 5.41) is 8.35. The molecule has 0 aliphatic heterocycles. The molecule has 9 heteroatoms. The Morgan fingerprint density at radius 1 is 1.25 bits per heavy atom. The number of hydrogen-bond acceptors (Lipinski definition) is 2. The first kappa shape index (κ1) is 15.0. The van der Waals surface area contributed by atoms with Crippen LogP contribution in [0.2, 0.25) is 15.1 Å². The zero-order chi connectivity index (χ0) is 14.9. The van der Waals surface area contributed by atoms with Gasteiger partial charge in [-0.15, -0.1) is 0 Å². The van der Waals surface area contributed by atoms with Gasteiger partial charge in [0.05, 0.1) is 21.3 Å². The van der Waals surface area contributed by atoms with Crippen molar-refractivity contribution in [1.82, 2.24) is 10.2 Å². The number of halogens is 5. The van der Waals surface area contributed by atoms with Crippen molar-refractivity contribution in [2.45, 2.75) is 6.43 Å². The topological polar surface area (TPSA) is 57.8 Å². The van der Waals surface area contributed by atoms with Gasteiger partial charge in [-0.05, 0) is 12.1 Å². The molecule has 1 amide bonds. The van der Waals surface area contributed by atoms with Crippen molar-refractivity contribution in [3.8, 4) is 0 Å². The third-order valence-electron chi connectivity index (χ3n) is 2.37. The number of rotatable bonds is 3. The van der Waals surface area contributed by atoms with E-state index in [1.54, 1.807) is 0 Å². The first-order chi connectivity index (χ1) is 9.40. The van der Waals surface area contributed by atoms with Gasteiger partial charge >= 0.3 is 0 Å². The molecule has 1 aromatic carbocycles. The number of amides is 1. The minimum absolute atomic E-state index is 0.0872. The number of H-pyrrole nitrogens is 1. The summed E-state index contributed by atoms with van der Waals surface area (Å²) in [6, 6.07) is 2.74. The lowest BCUT2D eigenvalue weighted by atomic mass is 10.2. The Balaban J connectivity index is 2.31. The van der Waals surface area contributed by atoms with E-state index in [9.17, 15) is 13.6 Å². The Labute approximate surface area is 127 Å². The number of nitrogens with zero attached hydrogens (tertiary/aromatic N) is 1. The highest BCUT2D eigenvalue weighted by atomic mass is 35.5. The van der Waals surface area contributed by atoms with E-state index >= 15 is 0 Å². The van der Waals surface area contributed by atoms with Gasteiger partial charge in [-0.2, -0.15) is 5.10 Å². The highest BCUT2D eigenvalue weighted by molar-refractivity contribution is 6.42. The van der Waals surface area contributed by atoms with Crippen molar-refractivity contribution in [2.75, 3.05) is 5.32 Å². The fraction of sp³-hybridized carbons (Fsp3) is 0.0909. The summed E-state index contributed by atoms with van der Waals surface area (Å²) in [5.41, 5.74) is -0.852. The Kier molecular flexibility index (Phi) is 4.47. The van der Waals surface area contributed by atoms with Crippen LogP contribution in [0.5, 0.6) is 0 Å². The summed E-state index contributed by atoms with van der Waals surface area (Å²) >= 11 is 17.5. The predicted octanol–water partition coefficient (Wildman–Crippen LogP) is 4.56. The molecule has 0 saturated heterocycles. The van der Waals surface area contributed by atoms with E-state index in [0.717, 1.165) is 6.20 Å². The Bertz CT molecular complexity index is 637. The maximum Gasteiger partial charge on any atom is 0.282 e. The van der Waals surface area contributed by atoms with Gasteiger partial charge in [0.15, 0.2) is 0 Å². The molecule has 1 heterocycles. The summed E-state index contributed by atoms with van der Waals surface area (Å²) in [7, 11) is 0. The molecule has 0 unspecified atom stereocenters. The molecule has 0 spiro atoms. The molecule has 0 atom stereocenters. The molecular formula is C11H6Cl3F2N3O. The Morgan fingerprint density at radius 3 is 2.40 bits per heavy atom. The normalized spacial score (nSPS) is 10.9. The van der Waals surface area contributed by atoms with Gasteiger partial charge in [-0.1, -0.05) is 34.8 Å². The first-order valence-electron chi connectivity index (χ1n) is 5.18. The monoisotopic (exact) mass is 339 g/mol. The van der Waals surface area contributed by atoms with E-state index in [1.807, 2.05) is 0 Å². The standard InChI is InChI=1S/C11H6Cl3F2N3O/c12-4-1-6(13)9(7(14)2-4)18-11(20)5-3-17-19-8(5)10(15)16/h1-3,10H,(H,17,19)(H,18,20). The average molecular weight is 341 g/mol. The molecule has 4 nitrogen and oxygen atoms in total. The molecule has 1 aromatic heterocycles. The largest absolute Gasteiger partial charge is 0.319 e. The lowest BCUT2D eigenvalue weighted by molar-refractivity contribution is 0.101. The summed E-state index contributed by atoms with van der Waals surface area (Å²) in [6.07, 6.45) is -1.81. The number of carbonyl (C=O) groups is 1. The van der Waals surface area contributed by atoms with Crippen molar-refractivity contribution < 1.29 is 13.6 Å². The number of anilines is 1. The molecule has 0 fully saturated rings. The summed E-state index contributed by atoms with van der Waals surface area (Å²) < 4.78 is 25.3. The third-order valence-corrected chi connectivity index (χ3v) is 3.18. The van der Waals surface area contributed by atoms with Gasteiger partial charge in [0.1, 0.15) is 5.69 Å². The maximum atomic E-state index is 12.6. The molecular weight excluding hydrogens is 334 g/mol. The van der Waals surface area contributed by atoms with Crippen molar-refractivity contribution in [1.29, 1.82) is 0 Å². The smallest absolute Gasteiger partial charge is 0.282 e. The van der Waals surface area contributed by atoms with Crippen LogP contribution in [0, 0.1) is 0 Å². The molecule has 0 aliphatic rings. The average Bonchev–Trinajstić information content (AvgIpc) is 2.82. The van der Waals surface area contributed by atoms with Crippen molar-refractivity contribution in [3.63, 3.8) is 0 Å². The molecule has 0 saturated carbocycles. The van der Waals surface area contributed by atoms with E-state index < -0.39 is 18.0 Å². The van der Waals surface area contributed by atoms with Crippen LogP contribution in [-0.4, -0.2) is 16.1 Å². The fourth-order valence-corrected chi connectivity index (χ4v) is 2.40. The van der Waals surface area contributed by atoms with Gasteiger partial charge < -0.3 is 5.32 Å². The van der Waals surface area contributed by atoms with Crippen LogP contribution < -0.4 is 5.32 Å². The van der Waals surface area contributed by atoms with E-state index in [-0.39, 0.29) is 26.3 Å². The minimum Gasteiger partial charge on any atom is -0.319 e. The highest BCUT2D eigenvalue weighted by Gasteiger charge is 2.22. The Hall–Kier alpha value is -1.37. The summed E-state index contributed by atoms with van der Waals surface area (Å²) in [5.74, 6) is -0.805. The van der Waals surface area contributed by atoms with Crippen LogP contribution in [-0.2, 0) is 0 Å². The van der Waals surface area contributed by atoms with Crippen LogP contribution >= 0.6 is 34.8 Å². The van der Waals surface area contributed by atoms with Crippen LogP contribution in [0.25, 0.3) is 0 Å². The number of benzene rings is 1. The molecule has 20 heavy (non-hydrogen) atoms. The fourth-order valence-electron chi connectivity index (χ4n) is 1.49. The van der Waals surface area contributed by atoms with Gasteiger partial charge in [-0.3, -0.25) is 9.89 Å². The van der Waals surface area contributed by atoms with Crippen LogP contribution in [0.3, 0.4) is 0 Å². The van der Waals surface area contributed by atoms with Crippen LogP contribution in [0.15, 0.2) is 18.3 Å². The molecule has 2 aromatic rings. The van der Waals surface area contributed by atoms with Gasteiger partial charge in [0, 0.05) is 11.2 Å².